The minimum absolute atomic E-state index is 0.0790. The van der Waals surface area contributed by atoms with E-state index in [1.165, 1.54) is 12.1 Å². The molecule has 0 spiro atoms. The fourth-order valence-corrected chi connectivity index (χ4v) is 3.32. The van der Waals surface area contributed by atoms with Crippen LogP contribution >= 0.6 is 0 Å². The van der Waals surface area contributed by atoms with E-state index < -0.39 is 9.84 Å². The number of carbonyl (C=O) groups is 2. The molecule has 156 valence electrons. The molecule has 1 unspecified atom stereocenters. The van der Waals surface area contributed by atoms with Gasteiger partial charge in [-0.25, -0.2) is 8.42 Å². The predicted molar refractivity (Wildman–Crippen MR) is 111 cm³/mol. The Morgan fingerprint density at radius 3 is 2.07 bits per heavy atom. The van der Waals surface area contributed by atoms with Gasteiger partial charge in [-0.2, -0.15) is 0 Å². The van der Waals surface area contributed by atoms with Gasteiger partial charge in [0.1, 0.15) is 5.75 Å². The SMILES string of the molecule is CC[NH+](CC(=O)Nc1ccc(OC)cc1)CC(=O)Nc1cccc(S(C)(=O)=O)c1. The van der Waals surface area contributed by atoms with Crippen molar-refractivity contribution < 1.29 is 27.6 Å². The highest BCUT2D eigenvalue weighted by Gasteiger charge is 2.17. The van der Waals surface area contributed by atoms with Crippen LogP contribution in [0, 0.1) is 0 Å². The Balaban J connectivity index is 1.91. The number of quaternary nitrogens is 1. The molecule has 0 aliphatic rings. The van der Waals surface area contributed by atoms with E-state index in [1.807, 2.05) is 6.92 Å². The average molecular weight is 421 g/mol. The highest BCUT2D eigenvalue weighted by Crippen LogP contribution is 2.15. The van der Waals surface area contributed by atoms with Crippen molar-refractivity contribution in [2.75, 3.05) is 43.6 Å². The average Bonchev–Trinajstić information content (AvgIpc) is 2.67. The van der Waals surface area contributed by atoms with E-state index in [2.05, 4.69) is 10.6 Å². The third kappa shape index (κ3) is 7.20. The highest BCUT2D eigenvalue weighted by atomic mass is 32.2. The van der Waals surface area contributed by atoms with Crippen LogP contribution in [0.4, 0.5) is 11.4 Å². The number of rotatable bonds is 9. The summed E-state index contributed by atoms with van der Waals surface area (Å²) >= 11 is 0. The number of ether oxygens (including phenoxy) is 1. The van der Waals surface area contributed by atoms with Crippen molar-refractivity contribution in [1.82, 2.24) is 0 Å². The van der Waals surface area contributed by atoms with Gasteiger partial charge >= 0.3 is 0 Å². The zero-order chi connectivity index (χ0) is 21.4. The van der Waals surface area contributed by atoms with Crippen molar-refractivity contribution >= 4 is 33.0 Å². The molecular formula is C20H26N3O5S+. The molecule has 3 N–H and O–H groups in total. The van der Waals surface area contributed by atoms with Crippen LogP contribution in [0.5, 0.6) is 5.75 Å². The third-order valence-corrected chi connectivity index (χ3v) is 5.35. The van der Waals surface area contributed by atoms with Gasteiger partial charge in [0.2, 0.25) is 0 Å². The van der Waals surface area contributed by atoms with Gasteiger partial charge in [-0.15, -0.1) is 0 Å². The molecule has 0 saturated carbocycles. The van der Waals surface area contributed by atoms with Gasteiger partial charge in [-0.3, -0.25) is 9.59 Å². The lowest BCUT2D eigenvalue weighted by molar-refractivity contribution is -0.881. The Labute approximate surface area is 170 Å². The summed E-state index contributed by atoms with van der Waals surface area (Å²) in [6.45, 7) is 2.66. The van der Waals surface area contributed by atoms with Crippen LogP contribution in [0.3, 0.4) is 0 Å². The highest BCUT2D eigenvalue weighted by molar-refractivity contribution is 7.90. The summed E-state index contributed by atoms with van der Waals surface area (Å²) in [5, 5.41) is 5.48. The first-order valence-corrected chi connectivity index (χ1v) is 11.0. The number of carbonyl (C=O) groups excluding carboxylic acids is 2. The van der Waals surface area contributed by atoms with Crippen LogP contribution < -0.4 is 20.3 Å². The molecule has 1 atom stereocenters. The van der Waals surface area contributed by atoms with Crippen LogP contribution in [0.1, 0.15) is 6.92 Å². The molecule has 0 fully saturated rings. The molecule has 0 aliphatic carbocycles. The number of methoxy groups -OCH3 is 1. The molecular weight excluding hydrogens is 394 g/mol. The Morgan fingerprint density at radius 1 is 0.966 bits per heavy atom. The molecule has 29 heavy (non-hydrogen) atoms. The number of nitrogens with one attached hydrogen (secondary N) is 3. The van der Waals surface area contributed by atoms with Gasteiger partial charge in [0.15, 0.2) is 22.9 Å². The number of amides is 2. The fourth-order valence-electron chi connectivity index (χ4n) is 2.66. The van der Waals surface area contributed by atoms with Gasteiger partial charge in [0, 0.05) is 17.6 Å². The molecule has 0 radical (unpaired) electrons. The first kappa shape index (κ1) is 22.4. The molecule has 0 aliphatic heterocycles. The van der Waals surface area contributed by atoms with Crippen LogP contribution in [0.15, 0.2) is 53.4 Å². The minimum atomic E-state index is -3.36. The van der Waals surface area contributed by atoms with Crippen LogP contribution in [0.25, 0.3) is 0 Å². The Morgan fingerprint density at radius 2 is 1.55 bits per heavy atom. The zero-order valence-corrected chi connectivity index (χ0v) is 17.5. The van der Waals surface area contributed by atoms with Gasteiger partial charge in [0.25, 0.3) is 11.8 Å². The molecule has 0 heterocycles. The molecule has 0 aromatic heterocycles. The van der Waals surface area contributed by atoms with E-state index in [0.717, 1.165) is 11.2 Å². The van der Waals surface area contributed by atoms with E-state index in [4.69, 9.17) is 4.74 Å². The van der Waals surface area contributed by atoms with Crippen molar-refractivity contribution in [3.8, 4) is 5.75 Å². The van der Waals surface area contributed by atoms with Gasteiger partial charge < -0.3 is 20.3 Å². The molecule has 0 bridgehead atoms. The number of benzene rings is 2. The lowest BCUT2D eigenvalue weighted by Gasteiger charge is -2.17. The molecule has 2 aromatic rings. The van der Waals surface area contributed by atoms with Gasteiger partial charge in [0.05, 0.1) is 18.6 Å². The monoisotopic (exact) mass is 420 g/mol. The van der Waals surface area contributed by atoms with Crippen molar-refractivity contribution in [2.45, 2.75) is 11.8 Å². The third-order valence-electron chi connectivity index (χ3n) is 4.24. The Kier molecular flexibility index (Phi) is 7.74. The molecule has 8 nitrogen and oxygen atoms in total. The Bertz CT molecular complexity index is 958. The topological polar surface area (TPSA) is 106 Å². The molecule has 0 saturated heterocycles. The smallest absolute Gasteiger partial charge is 0.279 e. The van der Waals surface area contributed by atoms with Crippen LogP contribution in [-0.4, -0.2) is 53.2 Å². The lowest BCUT2D eigenvalue weighted by atomic mass is 10.3. The molecule has 2 amide bonds. The summed E-state index contributed by atoms with van der Waals surface area (Å²) in [4.78, 5) is 25.5. The predicted octanol–water partition coefficient (Wildman–Crippen LogP) is 0.581. The number of likely N-dealkylation sites (N-methyl/N-ethyl adjacent to an activating group) is 1. The van der Waals surface area contributed by atoms with E-state index in [0.29, 0.717) is 23.7 Å². The largest absolute Gasteiger partial charge is 0.497 e. The number of anilines is 2. The Hall–Kier alpha value is -2.91. The minimum Gasteiger partial charge on any atom is -0.497 e. The van der Waals surface area contributed by atoms with E-state index in [-0.39, 0.29) is 29.8 Å². The fraction of sp³-hybridized carbons (Fsp3) is 0.300. The first-order valence-electron chi connectivity index (χ1n) is 9.08. The summed E-state index contributed by atoms with van der Waals surface area (Å²) in [6, 6.07) is 13.0. The van der Waals surface area contributed by atoms with Crippen molar-refractivity contribution in [2.24, 2.45) is 0 Å². The summed E-state index contributed by atoms with van der Waals surface area (Å²) in [7, 11) is -1.79. The van der Waals surface area contributed by atoms with Gasteiger partial charge in [-0.1, -0.05) is 6.07 Å². The standard InChI is InChI=1S/C20H25N3O5S/c1-4-23(13-19(24)21-15-8-10-17(28-2)11-9-15)14-20(25)22-16-6-5-7-18(12-16)29(3,26)27/h5-12H,4,13-14H2,1-3H3,(H,21,24)(H,22,25)/p+1. The summed E-state index contributed by atoms with van der Waals surface area (Å²) in [5.74, 6) is 0.184. The van der Waals surface area contributed by atoms with Crippen molar-refractivity contribution in [3.63, 3.8) is 0 Å². The maximum absolute atomic E-state index is 12.3. The number of hydrogen-bond acceptors (Lipinski definition) is 5. The summed E-state index contributed by atoms with van der Waals surface area (Å²) < 4.78 is 28.3. The number of sulfone groups is 1. The van der Waals surface area contributed by atoms with Gasteiger partial charge in [-0.05, 0) is 49.4 Å². The maximum Gasteiger partial charge on any atom is 0.279 e. The van der Waals surface area contributed by atoms with Crippen LogP contribution in [0.2, 0.25) is 0 Å². The molecule has 2 aromatic carbocycles. The second kappa shape index (κ2) is 10.0. The van der Waals surface area contributed by atoms with Crippen LogP contribution in [-0.2, 0) is 19.4 Å². The quantitative estimate of drug-likeness (QED) is 0.550. The van der Waals surface area contributed by atoms with E-state index >= 15 is 0 Å². The van der Waals surface area contributed by atoms with E-state index in [1.54, 1.807) is 43.5 Å². The summed E-state index contributed by atoms with van der Waals surface area (Å²) in [6.07, 6.45) is 1.11. The summed E-state index contributed by atoms with van der Waals surface area (Å²) in [5.41, 5.74) is 1.05. The lowest BCUT2D eigenvalue weighted by Crippen LogP contribution is -3.13. The maximum atomic E-state index is 12.3. The molecule has 2 rings (SSSR count). The first-order chi connectivity index (χ1) is 13.7. The normalized spacial score (nSPS) is 12.1. The molecule has 9 heteroatoms. The second-order valence-electron chi connectivity index (χ2n) is 6.58. The zero-order valence-electron chi connectivity index (χ0n) is 16.7. The second-order valence-corrected chi connectivity index (χ2v) is 8.60. The van der Waals surface area contributed by atoms with Crippen molar-refractivity contribution in [3.05, 3.63) is 48.5 Å². The van der Waals surface area contributed by atoms with E-state index in [9.17, 15) is 18.0 Å². The van der Waals surface area contributed by atoms with Crippen molar-refractivity contribution in [1.29, 1.82) is 0 Å². The number of hydrogen-bond donors (Lipinski definition) is 3.